The summed E-state index contributed by atoms with van der Waals surface area (Å²) in [6.07, 6.45) is 0. The number of hydrogen-bond acceptors (Lipinski definition) is 5. The molecule has 4 N–H and O–H groups in total. The molecular weight excluding hydrogens is 291 g/mol. The minimum absolute atomic E-state index is 0.00375. The van der Waals surface area contributed by atoms with Gasteiger partial charge in [-0.05, 0) is 17.7 Å². The first-order valence-electron chi connectivity index (χ1n) is 6.21. The molecule has 0 fully saturated rings. The van der Waals surface area contributed by atoms with Crippen molar-refractivity contribution >= 4 is 0 Å². The van der Waals surface area contributed by atoms with Gasteiger partial charge in [0.1, 0.15) is 17.5 Å². The van der Waals surface area contributed by atoms with Gasteiger partial charge in [-0.1, -0.05) is 12.1 Å². The van der Waals surface area contributed by atoms with Gasteiger partial charge in [-0.15, -0.1) is 0 Å². The summed E-state index contributed by atoms with van der Waals surface area (Å²) in [4.78, 5) is 27.8. The van der Waals surface area contributed by atoms with E-state index in [4.69, 9.17) is 10.5 Å². The average Bonchev–Trinajstić information content (AvgIpc) is 2.45. The molecule has 0 spiro atoms. The lowest BCUT2D eigenvalue weighted by molar-refractivity contribution is 0.373. The molecule has 0 unspecified atom stereocenters. The highest BCUT2D eigenvalue weighted by Gasteiger charge is 2.34. The van der Waals surface area contributed by atoms with Crippen molar-refractivity contribution in [2.45, 2.75) is 5.92 Å². The number of nitrogens with two attached hydrogens (primary N) is 1. The molecule has 110 valence electrons. The first kappa shape index (κ1) is 13.6. The van der Waals surface area contributed by atoms with Crippen LogP contribution >= 0.6 is 0 Å². The predicted molar refractivity (Wildman–Crippen MR) is 73.4 cm³/mol. The summed E-state index contributed by atoms with van der Waals surface area (Å²) in [5, 5.41) is 9.29. The fraction of sp³-hybridized carbons (Fsp3) is 0.0714. The Morgan fingerprint density at radius 2 is 2.09 bits per heavy atom. The molecule has 2 heterocycles. The molecule has 0 aliphatic carbocycles. The van der Waals surface area contributed by atoms with Crippen molar-refractivity contribution in [2.75, 3.05) is 0 Å². The third-order valence-corrected chi connectivity index (χ3v) is 3.30. The standard InChI is InChI=1S/C14H9FN4O3/c15-7-3-1-2-6(4-7)9-8(5-16)11(17)22-13-10(9)12(20)18-14(21)19-13/h1-4,9H,17H2,(H2,18,19,20,21)/t9-/m1/s1. The maximum Gasteiger partial charge on any atom is 0.328 e. The van der Waals surface area contributed by atoms with Crippen molar-refractivity contribution in [3.63, 3.8) is 0 Å². The molecule has 0 saturated carbocycles. The number of nitriles is 1. The molecule has 0 amide bonds. The van der Waals surface area contributed by atoms with Gasteiger partial charge in [0.2, 0.25) is 11.8 Å². The van der Waals surface area contributed by atoms with Crippen LogP contribution in [0.3, 0.4) is 0 Å². The Morgan fingerprint density at radius 3 is 2.77 bits per heavy atom. The van der Waals surface area contributed by atoms with Crippen LogP contribution in [0.4, 0.5) is 4.39 Å². The Kier molecular flexibility index (Phi) is 3.03. The van der Waals surface area contributed by atoms with Crippen molar-refractivity contribution in [1.82, 2.24) is 9.97 Å². The zero-order valence-electron chi connectivity index (χ0n) is 11.0. The molecule has 1 atom stereocenters. The molecule has 1 aromatic heterocycles. The molecule has 1 aliphatic rings. The molecule has 0 radical (unpaired) electrons. The number of nitrogens with zero attached hydrogens (tertiary/aromatic N) is 1. The molecule has 2 aromatic rings. The number of H-pyrrole nitrogens is 2. The summed E-state index contributed by atoms with van der Waals surface area (Å²) in [7, 11) is 0. The quantitative estimate of drug-likeness (QED) is 0.704. The largest absolute Gasteiger partial charge is 0.424 e. The lowest BCUT2D eigenvalue weighted by Crippen LogP contribution is -2.33. The molecule has 22 heavy (non-hydrogen) atoms. The molecule has 7 nitrogen and oxygen atoms in total. The van der Waals surface area contributed by atoms with Crippen LogP contribution in [0, 0.1) is 17.1 Å². The van der Waals surface area contributed by atoms with Gasteiger partial charge in [-0.3, -0.25) is 14.8 Å². The summed E-state index contributed by atoms with van der Waals surface area (Å²) < 4.78 is 18.6. The van der Waals surface area contributed by atoms with Crippen molar-refractivity contribution in [3.8, 4) is 11.9 Å². The highest BCUT2D eigenvalue weighted by atomic mass is 19.1. The number of aromatic nitrogens is 2. The zero-order chi connectivity index (χ0) is 15.9. The normalized spacial score (nSPS) is 16.6. The van der Waals surface area contributed by atoms with Crippen LogP contribution in [0.2, 0.25) is 0 Å². The number of rotatable bonds is 1. The highest BCUT2D eigenvalue weighted by molar-refractivity contribution is 5.52. The maximum absolute atomic E-state index is 13.5. The van der Waals surface area contributed by atoms with Gasteiger partial charge in [0, 0.05) is 0 Å². The Balaban J connectivity index is 2.34. The fourth-order valence-electron chi connectivity index (χ4n) is 2.41. The van der Waals surface area contributed by atoms with Gasteiger partial charge in [-0.25, -0.2) is 9.18 Å². The predicted octanol–water partition coefficient (Wildman–Crippen LogP) is 0.420. The Labute approximate surface area is 122 Å². The number of fused-ring (bicyclic) bond motifs is 1. The van der Waals surface area contributed by atoms with E-state index in [9.17, 15) is 19.2 Å². The lowest BCUT2D eigenvalue weighted by atomic mass is 9.85. The second kappa shape index (κ2) is 4.89. The summed E-state index contributed by atoms with van der Waals surface area (Å²) in [6.45, 7) is 0. The van der Waals surface area contributed by atoms with E-state index in [-0.39, 0.29) is 22.9 Å². The summed E-state index contributed by atoms with van der Waals surface area (Å²) in [5.74, 6) is -1.85. The molecule has 1 aromatic carbocycles. The number of halogens is 1. The number of nitrogens with one attached hydrogen (secondary N) is 2. The second-order valence-electron chi connectivity index (χ2n) is 4.63. The van der Waals surface area contributed by atoms with Gasteiger partial charge in [0.05, 0.1) is 11.5 Å². The molecular formula is C14H9FN4O3. The van der Waals surface area contributed by atoms with E-state index in [1.165, 1.54) is 18.2 Å². The number of allylic oxidation sites excluding steroid dienone is 1. The van der Waals surface area contributed by atoms with E-state index >= 15 is 0 Å². The third kappa shape index (κ3) is 2.05. The third-order valence-electron chi connectivity index (χ3n) is 3.30. The van der Waals surface area contributed by atoms with Crippen LogP contribution in [0.25, 0.3) is 0 Å². The molecule has 0 bridgehead atoms. The van der Waals surface area contributed by atoms with E-state index in [0.717, 1.165) is 0 Å². The van der Waals surface area contributed by atoms with Crippen LogP contribution in [0.5, 0.6) is 5.88 Å². The summed E-state index contributed by atoms with van der Waals surface area (Å²) in [5.41, 5.74) is 4.49. The Bertz CT molecular complexity index is 952. The maximum atomic E-state index is 13.5. The van der Waals surface area contributed by atoms with Crippen LogP contribution in [0.1, 0.15) is 17.0 Å². The van der Waals surface area contributed by atoms with Crippen molar-refractivity contribution < 1.29 is 9.13 Å². The Hall–Kier alpha value is -3.34. The highest BCUT2D eigenvalue weighted by Crippen LogP contribution is 2.38. The van der Waals surface area contributed by atoms with Crippen LogP contribution in [-0.2, 0) is 0 Å². The van der Waals surface area contributed by atoms with Gasteiger partial charge in [0.25, 0.3) is 5.56 Å². The topological polar surface area (TPSA) is 125 Å². The van der Waals surface area contributed by atoms with Crippen molar-refractivity contribution in [2.24, 2.45) is 5.73 Å². The summed E-state index contributed by atoms with van der Waals surface area (Å²) >= 11 is 0. The smallest absolute Gasteiger partial charge is 0.328 e. The van der Waals surface area contributed by atoms with Gasteiger partial charge in [-0.2, -0.15) is 5.26 Å². The lowest BCUT2D eigenvalue weighted by Gasteiger charge is -2.24. The first-order valence-corrected chi connectivity index (χ1v) is 6.21. The van der Waals surface area contributed by atoms with Crippen molar-refractivity contribution in [3.05, 3.63) is 73.5 Å². The first-order chi connectivity index (χ1) is 10.5. The van der Waals surface area contributed by atoms with Crippen LogP contribution in [0.15, 0.2) is 45.3 Å². The van der Waals surface area contributed by atoms with Crippen LogP contribution in [-0.4, -0.2) is 9.97 Å². The number of hydrogen-bond donors (Lipinski definition) is 3. The molecule has 0 saturated heterocycles. The van der Waals surface area contributed by atoms with E-state index in [1.807, 2.05) is 6.07 Å². The monoisotopic (exact) mass is 300 g/mol. The van der Waals surface area contributed by atoms with E-state index in [2.05, 4.69) is 9.97 Å². The van der Waals surface area contributed by atoms with Gasteiger partial charge >= 0.3 is 5.69 Å². The second-order valence-corrected chi connectivity index (χ2v) is 4.63. The van der Waals surface area contributed by atoms with Gasteiger partial charge in [0.15, 0.2) is 0 Å². The number of ether oxygens (including phenoxy) is 1. The van der Waals surface area contributed by atoms with Crippen molar-refractivity contribution in [1.29, 1.82) is 5.26 Å². The summed E-state index contributed by atoms with van der Waals surface area (Å²) in [6, 6.07) is 7.30. The fourth-order valence-corrected chi connectivity index (χ4v) is 2.41. The molecule has 1 aliphatic heterocycles. The van der Waals surface area contributed by atoms with Crippen LogP contribution < -0.4 is 21.7 Å². The Morgan fingerprint density at radius 1 is 1.32 bits per heavy atom. The molecule has 8 heteroatoms. The van der Waals surface area contributed by atoms with E-state index in [1.54, 1.807) is 6.07 Å². The zero-order valence-corrected chi connectivity index (χ0v) is 11.0. The number of aromatic amines is 2. The minimum atomic E-state index is -0.926. The SMILES string of the molecule is N#CC1=C(N)Oc2[nH]c(=O)[nH]c(=O)c2[C@@H]1c1cccc(F)c1. The molecule has 3 rings (SSSR count). The minimum Gasteiger partial charge on any atom is -0.424 e. The average molecular weight is 300 g/mol. The van der Waals surface area contributed by atoms with E-state index < -0.39 is 23.0 Å². The van der Waals surface area contributed by atoms with Gasteiger partial charge < -0.3 is 10.5 Å². The number of benzene rings is 1. The van der Waals surface area contributed by atoms with E-state index in [0.29, 0.717) is 5.56 Å².